The van der Waals surface area contributed by atoms with Crippen LogP contribution in [0.5, 0.6) is 5.75 Å². The number of hydrogen-bond donors (Lipinski definition) is 2. The Balaban J connectivity index is 2.67. The summed E-state index contributed by atoms with van der Waals surface area (Å²) in [5.41, 5.74) is 0.277. The number of terminal acetylenes is 1. The number of benzene rings is 1. The van der Waals surface area contributed by atoms with E-state index in [1.807, 2.05) is 0 Å². The van der Waals surface area contributed by atoms with Crippen LogP contribution in [0.15, 0.2) is 24.3 Å². The molecule has 1 amide bonds. The Kier molecular flexibility index (Phi) is 6.64. The molecule has 0 aromatic heterocycles. The quantitative estimate of drug-likeness (QED) is 0.345. The number of ether oxygens (including phenoxy) is 1. The number of aliphatic carboxylic acids is 1. The molecule has 0 aliphatic carbocycles. The Morgan fingerprint density at radius 2 is 1.95 bits per heavy atom. The molecule has 6 heteroatoms. The van der Waals surface area contributed by atoms with Gasteiger partial charge in [0.25, 0.3) is 5.91 Å². The first kappa shape index (κ1) is 17.2. The molecule has 0 spiro atoms. The Morgan fingerprint density at radius 1 is 1.32 bits per heavy atom. The van der Waals surface area contributed by atoms with Crippen molar-refractivity contribution in [2.45, 2.75) is 32.2 Å². The Morgan fingerprint density at radius 3 is 2.45 bits per heavy atom. The zero-order valence-electron chi connectivity index (χ0n) is 12.2. The molecule has 0 radical (unpaired) electrons. The fourth-order valence-electron chi connectivity index (χ4n) is 1.75. The van der Waals surface area contributed by atoms with E-state index in [1.165, 1.54) is 31.2 Å². The lowest BCUT2D eigenvalue weighted by Gasteiger charge is -2.14. The highest BCUT2D eigenvalue weighted by Crippen LogP contribution is 2.13. The van der Waals surface area contributed by atoms with Crippen LogP contribution in [0, 0.1) is 12.3 Å². The van der Waals surface area contributed by atoms with Crippen LogP contribution in [-0.4, -0.2) is 29.0 Å². The number of carbonyl (C=O) groups excluding carboxylic acids is 2. The minimum atomic E-state index is -1.11. The minimum Gasteiger partial charge on any atom is -0.480 e. The molecule has 1 aromatic rings. The highest BCUT2D eigenvalue weighted by molar-refractivity contribution is 5.96. The van der Waals surface area contributed by atoms with E-state index in [9.17, 15) is 14.4 Å². The first-order valence-corrected chi connectivity index (χ1v) is 6.69. The topological polar surface area (TPSA) is 92.7 Å². The highest BCUT2D eigenvalue weighted by atomic mass is 16.5. The average Bonchev–Trinajstić information content (AvgIpc) is 2.46. The van der Waals surface area contributed by atoms with Crippen LogP contribution in [0.2, 0.25) is 0 Å². The van der Waals surface area contributed by atoms with E-state index in [4.69, 9.17) is 16.3 Å². The molecule has 1 atom stereocenters. The minimum absolute atomic E-state index is 0.261. The molecule has 6 nitrogen and oxygen atoms in total. The smallest absolute Gasteiger partial charge is 0.326 e. The van der Waals surface area contributed by atoms with Gasteiger partial charge in [0.2, 0.25) is 0 Å². The van der Waals surface area contributed by atoms with Gasteiger partial charge in [-0.3, -0.25) is 9.59 Å². The number of hydrogen-bond acceptors (Lipinski definition) is 4. The molecule has 22 heavy (non-hydrogen) atoms. The van der Waals surface area contributed by atoms with E-state index in [0.717, 1.165) is 0 Å². The molecule has 0 saturated heterocycles. The molecule has 1 aromatic carbocycles. The van der Waals surface area contributed by atoms with Crippen LogP contribution >= 0.6 is 0 Å². The predicted molar refractivity (Wildman–Crippen MR) is 79.3 cm³/mol. The summed E-state index contributed by atoms with van der Waals surface area (Å²) >= 11 is 0. The van der Waals surface area contributed by atoms with Crippen molar-refractivity contribution in [2.75, 3.05) is 0 Å². The number of carboxylic acids is 1. The van der Waals surface area contributed by atoms with Gasteiger partial charge in [-0.1, -0.05) is 0 Å². The predicted octanol–water partition coefficient (Wildman–Crippen LogP) is 1.60. The van der Waals surface area contributed by atoms with Crippen molar-refractivity contribution in [3.8, 4) is 18.1 Å². The first-order valence-electron chi connectivity index (χ1n) is 6.69. The van der Waals surface area contributed by atoms with E-state index >= 15 is 0 Å². The van der Waals surface area contributed by atoms with E-state index in [-0.39, 0.29) is 12.0 Å². The molecule has 0 unspecified atom stereocenters. The molecular formula is C16H17NO5. The summed E-state index contributed by atoms with van der Waals surface area (Å²) in [5.74, 6) is 0.652. The van der Waals surface area contributed by atoms with Gasteiger partial charge < -0.3 is 15.2 Å². The molecule has 1 rings (SSSR count). The fourth-order valence-corrected chi connectivity index (χ4v) is 1.75. The largest absolute Gasteiger partial charge is 0.480 e. The average molecular weight is 303 g/mol. The lowest BCUT2D eigenvalue weighted by atomic mass is 10.1. The molecule has 116 valence electrons. The third-order valence-corrected chi connectivity index (χ3v) is 2.80. The van der Waals surface area contributed by atoms with Gasteiger partial charge in [0.05, 0.1) is 0 Å². The zero-order chi connectivity index (χ0) is 16.5. The van der Waals surface area contributed by atoms with Crippen LogP contribution in [0.4, 0.5) is 0 Å². The van der Waals surface area contributed by atoms with Crippen molar-refractivity contribution in [1.29, 1.82) is 0 Å². The monoisotopic (exact) mass is 303 g/mol. The van der Waals surface area contributed by atoms with Crippen LogP contribution in [-0.2, 0) is 9.59 Å². The number of esters is 1. The molecule has 0 fully saturated rings. The second-order valence-electron chi connectivity index (χ2n) is 4.58. The van der Waals surface area contributed by atoms with Crippen molar-refractivity contribution in [1.82, 2.24) is 5.32 Å². The second-order valence-corrected chi connectivity index (χ2v) is 4.58. The Bertz CT molecular complexity index is 586. The third kappa shape index (κ3) is 5.67. The number of carboxylic acid groups (broad SMARTS) is 1. The van der Waals surface area contributed by atoms with Crippen molar-refractivity contribution >= 4 is 17.8 Å². The molecule has 0 heterocycles. The normalized spacial score (nSPS) is 11.1. The van der Waals surface area contributed by atoms with Gasteiger partial charge in [-0.25, -0.2) is 4.79 Å². The summed E-state index contributed by atoms with van der Waals surface area (Å²) in [7, 11) is 0. The maximum atomic E-state index is 12.0. The van der Waals surface area contributed by atoms with Crippen LogP contribution in [0.3, 0.4) is 0 Å². The van der Waals surface area contributed by atoms with Gasteiger partial charge >= 0.3 is 11.9 Å². The van der Waals surface area contributed by atoms with E-state index in [1.54, 1.807) is 0 Å². The molecular weight excluding hydrogens is 286 g/mol. The van der Waals surface area contributed by atoms with Crippen molar-refractivity contribution in [3.63, 3.8) is 0 Å². The van der Waals surface area contributed by atoms with Crippen molar-refractivity contribution in [2.24, 2.45) is 0 Å². The molecule has 0 saturated carbocycles. The second kappa shape index (κ2) is 8.47. The van der Waals surface area contributed by atoms with Crippen molar-refractivity contribution < 1.29 is 24.2 Å². The van der Waals surface area contributed by atoms with Gasteiger partial charge in [-0.05, 0) is 37.1 Å². The number of nitrogens with one attached hydrogen (secondary N) is 1. The summed E-state index contributed by atoms with van der Waals surface area (Å²) in [6.07, 6.45) is 6.34. The standard InChI is InChI=1S/C16H17NO5/c1-3-4-5-6-14(16(20)21)17-15(19)12-7-9-13(10-8-12)22-11(2)18/h1,7-10,14H,4-6H2,2H3,(H,17,19)(H,20,21)/t14-/m1/s1. The lowest BCUT2D eigenvalue weighted by molar-refractivity contribution is -0.139. The Hall–Kier alpha value is -2.81. The number of unbranched alkanes of at least 4 members (excludes halogenated alkanes) is 1. The SMILES string of the molecule is C#CCCC[C@@H](NC(=O)c1ccc(OC(C)=O)cc1)C(=O)O. The summed E-state index contributed by atoms with van der Waals surface area (Å²) in [4.78, 5) is 33.9. The Labute approximate surface area is 128 Å². The lowest BCUT2D eigenvalue weighted by Crippen LogP contribution is -2.40. The van der Waals surface area contributed by atoms with E-state index in [0.29, 0.717) is 18.6 Å². The maximum Gasteiger partial charge on any atom is 0.326 e. The van der Waals surface area contributed by atoms with Crippen LogP contribution in [0.25, 0.3) is 0 Å². The number of rotatable bonds is 7. The van der Waals surface area contributed by atoms with E-state index < -0.39 is 23.9 Å². The van der Waals surface area contributed by atoms with Gasteiger partial charge in [0.15, 0.2) is 0 Å². The molecule has 2 N–H and O–H groups in total. The first-order chi connectivity index (χ1) is 10.4. The molecule has 0 aliphatic rings. The van der Waals surface area contributed by atoms with Crippen LogP contribution < -0.4 is 10.1 Å². The summed E-state index contributed by atoms with van der Waals surface area (Å²) in [5, 5.41) is 11.5. The molecule has 0 bridgehead atoms. The van der Waals surface area contributed by atoms with Gasteiger partial charge in [-0.2, -0.15) is 0 Å². The van der Waals surface area contributed by atoms with E-state index in [2.05, 4.69) is 11.2 Å². The summed E-state index contributed by atoms with van der Waals surface area (Å²) < 4.78 is 4.85. The number of carbonyl (C=O) groups is 3. The van der Waals surface area contributed by atoms with Crippen molar-refractivity contribution in [3.05, 3.63) is 29.8 Å². The van der Waals surface area contributed by atoms with Gasteiger partial charge in [0, 0.05) is 18.9 Å². The third-order valence-electron chi connectivity index (χ3n) is 2.80. The fraction of sp³-hybridized carbons (Fsp3) is 0.312. The number of amides is 1. The maximum absolute atomic E-state index is 12.0. The van der Waals surface area contributed by atoms with Gasteiger partial charge in [-0.15, -0.1) is 12.3 Å². The zero-order valence-corrected chi connectivity index (χ0v) is 12.2. The molecule has 0 aliphatic heterocycles. The highest BCUT2D eigenvalue weighted by Gasteiger charge is 2.20. The summed E-state index contributed by atoms with van der Waals surface area (Å²) in [6.45, 7) is 1.27. The van der Waals surface area contributed by atoms with Crippen LogP contribution in [0.1, 0.15) is 36.5 Å². The summed E-state index contributed by atoms with van der Waals surface area (Å²) in [6, 6.07) is 4.84. The van der Waals surface area contributed by atoms with Gasteiger partial charge in [0.1, 0.15) is 11.8 Å².